The average Bonchev–Trinajstić information content (AvgIpc) is 3.05. The van der Waals surface area contributed by atoms with Gasteiger partial charge in [0, 0.05) is 11.0 Å². The number of aromatic nitrogens is 4. The molecular formula is C15H18N4O2S. The van der Waals surface area contributed by atoms with Crippen LogP contribution in [0.25, 0.3) is 15.5 Å². The van der Waals surface area contributed by atoms with Gasteiger partial charge in [-0.25, -0.2) is 0 Å². The summed E-state index contributed by atoms with van der Waals surface area (Å²) in [6.07, 6.45) is 0. The fourth-order valence-corrected chi connectivity index (χ4v) is 3.01. The SMILES string of the molecule is COc1ccc(-c2nn3c(C(C)(C)C)nnc3s2)cc1OC. The highest BCUT2D eigenvalue weighted by atomic mass is 32.1. The van der Waals surface area contributed by atoms with Crippen LogP contribution in [0.2, 0.25) is 0 Å². The Labute approximate surface area is 132 Å². The van der Waals surface area contributed by atoms with Gasteiger partial charge < -0.3 is 9.47 Å². The van der Waals surface area contributed by atoms with E-state index in [1.54, 1.807) is 14.2 Å². The van der Waals surface area contributed by atoms with E-state index in [1.165, 1.54) is 11.3 Å². The molecule has 116 valence electrons. The molecule has 0 N–H and O–H groups in total. The van der Waals surface area contributed by atoms with Gasteiger partial charge in [0.15, 0.2) is 17.3 Å². The predicted octanol–water partition coefficient (Wildman–Crippen LogP) is 3.17. The first-order valence-corrected chi connectivity index (χ1v) is 7.71. The zero-order valence-electron chi connectivity index (χ0n) is 13.2. The molecule has 2 heterocycles. The van der Waals surface area contributed by atoms with Crippen LogP contribution in [0.4, 0.5) is 0 Å². The standard InChI is InChI=1S/C15H18N4O2S/c1-15(2,3)13-16-17-14-19(13)18-12(22-14)9-6-7-10(20-4)11(8-9)21-5/h6-8H,1-5H3. The summed E-state index contributed by atoms with van der Waals surface area (Å²) < 4.78 is 12.4. The molecule has 0 aliphatic carbocycles. The maximum Gasteiger partial charge on any atom is 0.235 e. The maximum absolute atomic E-state index is 5.35. The van der Waals surface area contributed by atoms with Crippen molar-refractivity contribution >= 4 is 16.3 Å². The molecule has 3 aromatic rings. The second-order valence-corrected chi connectivity index (χ2v) is 6.90. The zero-order chi connectivity index (χ0) is 15.9. The molecular weight excluding hydrogens is 300 g/mol. The van der Waals surface area contributed by atoms with E-state index in [1.807, 2.05) is 22.7 Å². The molecule has 0 aliphatic rings. The molecule has 3 rings (SSSR count). The van der Waals surface area contributed by atoms with Crippen LogP contribution in [0, 0.1) is 0 Å². The van der Waals surface area contributed by atoms with Crippen LogP contribution in [-0.2, 0) is 5.41 Å². The zero-order valence-corrected chi connectivity index (χ0v) is 14.1. The Kier molecular flexibility index (Phi) is 3.52. The summed E-state index contributed by atoms with van der Waals surface area (Å²) in [5, 5.41) is 14.0. The van der Waals surface area contributed by atoms with E-state index in [0.29, 0.717) is 11.5 Å². The van der Waals surface area contributed by atoms with Crippen LogP contribution >= 0.6 is 11.3 Å². The van der Waals surface area contributed by atoms with Gasteiger partial charge >= 0.3 is 0 Å². The van der Waals surface area contributed by atoms with Gasteiger partial charge in [0.1, 0.15) is 5.01 Å². The van der Waals surface area contributed by atoms with Gasteiger partial charge in [0.2, 0.25) is 4.96 Å². The molecule has 0 saturated carbocycles. The average molecular weight is 318 g/mol. The lowest BCUT2D eigenvalue weighted by molar-refractivity contribution is 0.355. The highest BCUT2D eigenvalue weighted by Crippen LogP contribution is 2.34. The third-order valence-electron chi connectivity index (χ3n) is 3.29. The molecule has 7 heteroatoms. The monoisotopic (exact) mass is 318 g/mol. The van der Waals surface area contributed by atoms with Crippen LogP contribution in [0.5, 0.6) is 11.5 Å². The second kappa shape index (κ2) is 5.24. The van der Waals surface area contributed by atoms with E-state index >= 15 is 0 Å². The van der Waals surface area contributed by atoms with E-state index in [9.17, 15) is 0 Å². The lowest BCUT2D eigenvalue weighted by atomic mass is 9.96. The Morgan fingerprint density at radius 2 is 1.77 bits per heavy atom. The molecule has 0 spiro atoms. The van der Waals surface area contributed by atoms with Crippen LogP contribution in [-0.4, -0.2) is 34.0 Å². The lowest BCUT2D eigenvalue weighted by Crippen LogP contribution is -2.16. The maximum atomic E-state index is 5.35. The predicted molar refractivity (Wildman–Crippen MR) is 85.9 cm³/mol. The second-order valence-electron chi connectivity index (χ2n) is 5.94. The van der Waals surface area contributed by atoms with Crippen LogP contribution in [0.15, 0.2) is 18.2 Å². The van der Waals surface area contributed by atoms with Crippen molar-refractivity contribution in [2.75, 3.05) is 14.2 Å². The van der Waals surface area contributed by atoms with E-state index in [4.69, 9.17) is 9.47 Å². The van der Waals surface area contributed by atoms with E-state index < -0.39 is 0 Å². The van der Waals surface area contributed by atoms with Crippen molar-refractivity contribution in [1.82, 2.24) is 19.8 Å². The van der Waals surface area contributed by atoms with Gasteiger partial charge in [-0.1, -0.05) is 32.1 Å². The van der Waals surface area contributed by atoms with Gasteiger partial charge in [0.25, 0.3) is 0 Å². The first kappa shape index (κ1) is 14.8. The minimum Gasteiger partial charge on any atom is -0.493 e. The van der Waals surface area contributed by atoms with Gasteiger partial charge in [-0.2, -0.15) is 9.61 Å². The first-order valence-electron chi connectivity index (χ1n) is 6.89. The normalized spacial score (nSPS) is 11.9. The molecule has 0 saturated heterocycles. The number of ether oxygens (including phenoxy) is 2. The number of benzene rings is 1. The van der Waals surface area contributed by atoms with Gasteiger partial charge in [-0.3, -0.25) is 0 Å². The van der Waals surface area contributed by atoms with Crippen molar-refractivity contribution in [2.45, 2.75) is 26.2 Å². The molecule has 0 unspecified atom stereocenters. The van der Waals surface area contributed by atoms with Crippen molar-refractivity contribution < 1.29 is 9.47 Å². The lowest BCUT2D eigenvalue weighted by Gasteiger charge is -2.13. The van der Waals surface area contributed by atoms with Crippen LogP contribution in [0.3, 0.4) is 0 Å². The Balaban J connectivity index is 2.09. The quantitative estimate of drug-likeness (QED) is 0.742. The molecule has 0 atom stereocenters. The highest BCUT2D eigenvalue weighted by Gasteiger charge is 2.23. The molecule has 22 heavy (non-hydrogen) atoms. The number of fused-ring (bicyclic) bond motifs is 1. The molecule has 0 fully saturated rings. The van der Waals surface area contributed by atoms with E-state index in [-0.39, 0.29) is 5.41 Å². The summed E-state index contributed by atoms with van der Waals surface area (Å²) >= 11 is 1.50. The van der Waals surface area contributed by atoms with Gasteiger partial charge in [-0.05, 0) is 18.2 Å². The van der Waals surface area contributed by atoms with Crippen LogP contribution in [0.1, 0.15) is 26.6 Å². The number of hydrogen-bond donors (Lipinski definition) is 0. The first-order chi connectivity index (χ1) is 10.4. The Hall–Kier alpha value is -2.15. The fourth-order valence-electron chi connectivity index (χ4n) is 2.17. The molecule has 1 aromatic carbocycles. The summed E-state index contributed by atoms with van der Waals surface area (Å²) in [6.45, 7) is 6.29. The van der Waals surface area contributed by atoms with E-state index in [0.717, 1.165) is 21.4 Å². The van der Waals surface area contributed by atoms with Crippen molar-refractivity contribution in [3.8, 4) is 22.1 Å². The molecule has 0 bridgehead atoms. The third-order valence-corrected chi connectivity index (χ3v) is 4.24. The smallest absolute Gasteiger partial charge is 0.235 e. The number of nitrogens with zero attached hydrogens (tertiary/aromatic N) is 4. The Bertz CT molecular complexity index is 817. The molecule has 6 nitrogen and oxygen atoms in total. The summed E-state index contributed by atoms with van der Waals surface area (Å²) in [4.78, 5) is 0.787. The number of rotatable bonds is 3. The summed E-state index contributed by atoms with van der Waals surface area (Å²) in [5.74, 6) is 2.23. The molecule has 2 aromatic heterocycles. The van der Waals surface area contributed by atoms with Crippen molar-refractivity contribution in [3.05, 3.63) is 24.0 Å². The topological polar surface area (TPSA) is 61.5 Å². The van der Waals surface area contributed by atoms with Crippen LogP contribution < -0.4 is 9.47 Å². The Morgan fingerprint density at radius 1 is 1.05 bits per heavy atom. The molecule has 0 aliphatic heterocycles. The fraction of sp³-hybridized carbons (Fsp3) is 0.400. The Morgan fingerprint density at radius 3 is 2.41 bits per heavy atom. The minimum atomic E-state index is -0.109. The van der Waals surface area contributed by atoms with Crippen molar-refractivity contribution in [2.24, 2.45) is 0 Å². The largest absolute Gasteiger partial charge is 0.493 e. The number of methoxy groups -OCH3 is 2. The summed E-state index contributed by atoms with van der Waals surface area (Å²) in [7, 11) is 3.24. The van der Waals surface area contributed by atoms with Crippen molar-refractivity contribution in [1.29, 1.82) is 0 Å². The molecule has 0 radical (unpaired) electrons. The summed E-state index contributed by atoms with van der Waals surface area (Å²) in [5.41, 5.74) is 0.857. The van der Waals surface area contributed by atoms with E-state index in [2.05, 4.69) is 36.1 Å². The minimum absolute atomic E-state index is 0.109. The summed E-state index contributed by atoms with van der Waals surface area (Å²) in [6, 6.07) is 5.76. The van der Waals surface area contributed by atoms with Gasteiger partial charge in [-0.15, -0.1) is 10.2 Å². The number of hydrogen-bond acceptors (Lipinski definition) is 6. The molecule has 0 amide bonds. The highest BCUT2D eigenvalue weighted by molar-refractivity contribution is 7.19. The van der Waals surface area contributed by atoms with Gasteiger partial charge in [0.05, 0.1) is 14.2 Å². The van der Waals surface area contributed by atoms with Crippen molar-refractivity contribution in [3.63, 3.8) is 0 Å². The third kappa shape index (κ3) is 2.41.